The van der Waals surface area contributed by atoms with E-state index in [0.717, 1.165) is 11.1 Å². The molecule has 1 aromatic heterocycles. The minimum atomic E-state index is -1.47. The first-order valence-corrected chi connectivity index (χ1v) is 5.78. The van der Waals surface area contributed by atoms with Crippen molar-refractivity contribution in [2.45, 2.75) is 25.9 Å². The lowest BCUT2D eigenvalue weighted by atomic mass is 10.1. The number of carboxylic acid groups (broad SMARTS) is 2. The van der Waals surface area contributed by atoms with Crippen LogP contribution < -0.4 is 10.6 Å². The second kappa shape index (κ2) is 7.07. The highest BCUT2D eigenvalue weighted by molar-refractivity contribution is 5.86. The Bertz CT molecular complexity index is 518. The third-order valence-electron chi connectivity index (χ3n) is 2.56. The highest BCUT2D eigenvalue weighted by atomic mass is 16.4. The van der Waals surface area contributed by atoms with Crippen LogP contribution in [-0.4, -0.2) is 39.2 Å². The summed E-state index contributed by atoms with van der Waals surface area (Å²) in [6, 6.07) is -0.484. The molecule has 4 N–H and O–H groups in total. The van der Waals surface area contributed by atoms with Crippen LogP contribution in [0.2, 0.25) is 0 Å². The number of urea groups is 1. The molecule has 0 spiro atoms. The maximum Gasteiger partial charge on any atom is 0.326 e. The molecule has 108 valence electrons. The first-order chi connectivity index (χ1) is 9.40. The molecule has 0 bridgehead atoms. The lowest BCUT2D eigenvalue weighted by Crippen LogP contribution is -2.46. The molecule has 8 heteroatoms. The fraction of sp³-hybridized carbons (Fsp3) is 0.333. The van der Waals surface area contributed by atoms with Crippen LogP contribution in [0.1, 0.15) is 17.5 Å². The van der Waals surface area contributed by atoms with Gasteiger partial charge in [0.25, 0.3) is 0 Å². The van der Waals surface area contributed by atoms with Gasteiger partial charge in [0, 0.05) is 18.9 Å². The monoisotopic (exact) mass is 281 g/mol. The van der Waals surface area contributed by atoms with Crippen LogP contribution in [0.5, 0.6) is 0 Å². The standard InChI is InChI=1S/C12H15N3O5/c1-7-5-13-3-2-8(7)6-14-12(20)15-9(11(18)19)4-10(16)17/h2-3,5,9H,4,6H2,1H3,(H,16,17)(H,18,19)(H2,14,15,20)/t9-/m0/s1. The molecule has 0 saturated carbocycles. The Balaban J connectivity index is 2.52. The molecule has 0 aromatic carbocycles. The van der Waals surface area contributed by atoms with Crippen molar-refractivity contribution in [3.8, 4) is 0 Å². The SMILES string of the molecule is Cc1cnccc1CNC(=O)N[C@@H](CC(=O)O)C(=O)O. The van der Waals surface area contributed by atoms with Crippen molar-refractivity contribution in [1.29, 1.82) is 0 Å². The van der Waals surface area contributed by atoms with Crippen molar-refractivity contribution in [3.63, 3.8) is 0 Å². The predicted molar refractivity (Wildman–Crippen MR) is 68.0 cm³/mol. The average Bonchev–Trinajstić information content (AvgIpc) is 2.36. The van der Waals surface area contributed by atoms with Crippen LogP contribution in [0, 0.1) is 6.92 Å². The van der Waals surface area contributed by atoms with Crippen LogP contribution in [0.25, 0.3) is 0 Å². The molecular formula is C12H15N3O5. The van der Waals surface area contributed by atoms with Gasteiger partial charge in [0.15, 0.2) is 0 Å². The van der Waals surface area contributed by atoms with Crippen molar-refractivity contribution in [3.05, 3.63) is 29.6 Å². The van der Waals surface area contributed by atoms with Gasteiger partial charge in [-0.1, -0.05) is 0 Å². The third kappa shape index (κ3) is 4.92. The van der Waals surface area contributed by atoms with E-state index in [1.165, 1.54) is 0 Å². The third-order valence-corrected chi connectivity index (χ3v) is 2.56. The molecule has 2 amide bonds. The predicted octanol–water partition coefficient (Wildman–Crippen LogP) is 0.117. The van der Waals surface area contributed by atoms with E-state index in [1.54, 1.807) is 18.5 Å². The van der Waals surface area contributed by atoms with Crippen molar-refractivity contribution < 1.29 is 24.6 Å². The lowest BCUT2D eigenvalue weighted by molar-refractivity contribution is -0.145. The van der Waals surface area contributed by atoms with Gasteiger partial charge in [-0.15, -0.1) is 0 Å². The van der Waals surface area contributed by atoms with E-state index in [0.29, 0.717) is 0 Å². The molecule has 20 heavy (non-hydrogen) atoms. The van der Waals surface area contributed by atoms with E-state index in [2.05, 4.69) is 15.6 Å². The number of aromatic nitrogens is 1. The summed E-state index contributed by atoms with van der Waals surface area (Å²) in [7, 11) is 0. The van der Waals surface area contributed by atoms with Gasteiger partial charge < -0.3 is 20.8 Å². The van der Waals surface area contributed by atoms with E-state index in [-0.39, 0.29) is 6.54 Å². The van der Waals surface area contributed by atoms with Crippen LogP contribution in [0.4, 0.5) is 4.79 Å². The number of carbonyl (C=O) groups is 3. The summed E-state index contributed by atoms with van der Waals surface area (Å²) in [6.45, 7) is 2.02. The quantitative estimate of drug-likeness (QED) is 0.586. The van der Waals surface area contributed by atoms with Gasteiger partial charge in [0.05, 0.1) is 6.42 Å². The summed E-state index contributed by atoms with van der Waals surface area (Å²) < 4.78 is 0. The number of amides is 2. The number of carbonyl (C=O) groups excluding carboxylic acids is 1. The van der Waals surface area contributed by atoms with Crippen molar-refractivity contribution >= 4 is 18.0 Å². The van der Waals surface area contributed by atoms with Gasteiger partial charge in [0.2, 0.25) is 0 Å². The van der Waals surface area contributed by atoms with Gasteiger partial charge in [-0.25, -0.2) is 9.59 Å². The molecule has 1 rings (SSSR count). The minimum Gasteiger partial charge on any atom is -0.481 e. The molecule has 1 heterocycles. The summed E-state index contributed by atoms with van der Waals surface area (Å²) in [5.41, 5.74) is 1.72. The van der Waals surface area contributed by atoms with Gasteiger partial charge in [-0.2, -0.15) is 0 Å². The van der Waals surface area contributed by atoms with E-state index >= 15 is 0 Å². The van der Waals surface area contributed by atoms with Crippen LogP contribution in [0.3, 0.4) is 0 Å². The normalized spacial score (nSPS) is 11.4. The molecular weight excluding hydrogens is 266 g/mol. The summed E-state index contributed by atoms with van der Waals surface area (Å²) >= 11 is 0. The Kier molecular flexibility index (Phi) is 5.45. The number of rotatable bonds is 6. The number of pyridine rings is 1. The first kappa shape index (κ1) is 15.4. The summed E-state index contributed by atoms with van der Waals surface area (Å²) in [5.74, 6) is -2.70. The van der Waals surface area contributed by atoms with E-state index in [9.17, 15) is 14.4 Å². The fourth-order valence-corrected chi connectivity index (χ4v) is 1.46. The molecule has 0 aliphatic carbocycles. The topological polar surface area (TPSA) is 129 Å². The zero-order valence-corrected chi connectivity index (χ0v) is 10.8. The van der Waals surface area contributed by atoms with Crippen molar-refractivity contribution in [2.75, 3.05) is 0 Å². The first-order valence-electron chi connectivity index (χ1n) is 5.78. The fourth-order valence-electron chi connectivity index (χ4n) is 1.46. The molecule has 0 radical (unpaired) electrons. The Morgan fingerprint density at radius 1 is 1.35 bits per heavy atom. The zero-order chi connectivity index (χ0) is 15.1. The molecule has 8 nitrogen and oxygen atoms in total. The molecule has 0 aliphatic heterocycles. The van der Waals surface area contributed by atoms with Crippen LogP contribution >= 0.6 is 0 Å². The number of aliphatic carboxylic acids is 2. The second-order valence-electron chi connectivity index (χ2n) is 4.12. The summed E-state index contributed by atoms with van der Waals surface area (Å²) in [5, 5.41) is 21.9. The van der Waals surface area contributed by atoms with Crippen molar-refractivity contribution in [2.24, 2.45) is 0 Å². The average molecular weight is 281 g/mol. The van der Waals surface area contributed by atoms with Crippen LogP contribution in [0.15, 0.2) is 18.5 Å². The number of carboxylic acids is 2. The highest BCUT2D eigenvalue weighted by Gasteiger charge is 2.22. The van der Waals surface area contributed by atoms with E-state index in [4.69, 9.17) is 10.2 Å². The van der Waals surface area contributed by atoms with Gasteiger partial charge in [-0.3, -0.25) is 9.78 Å². The van der Waals surface area contributed by atoms with Crippen LogP contribution in [-0.2, 0) is 16.1 Å². The number of hydrogen-bond acceptors (Lipinski definition) is 4. The molecule has 0 fully saturated rings. The Hall–Kier alpha value is -2.64. The van der Waals surface area contributed by atoms with Gasteiger partial charge in [-0.05, 0) is 24.1 Å². The Labute approximate surface area is 114 Å². The Morgan fingerprint density at radius 2 is 2.05 bits per heavy atom. The Morgan fingerprint density at radius 3 is 2.60 bits per heavy atom. The molecule has 1 atom stereocenters. The molecule has 0 saturated heterocycles. The summed E-state index contributed by atoms with van der Waals surface area (Å²) in [4.78, 5) is 36.7. The van der Waals surface area contributed by atoms with E-state index in [1.807, 2.05) is 6.92 Å². The zero-order valence-electron chi connectivity index (χ0n) is 10.8. The lowest BCUT2D eigenvalue weighted by Gasteiger charge is -2.13. The maximum absolute atomic E-state index is 11.5. The summed E-state index contributed by atoms with van der Waals surface area (Å²) in [6.07, 6.45) is 2.53. The number of hydrogen-bond donors (Lipinski definition) is 4. The number of nitrogens with zero attached hydrogens (tertiary/aromatic N) is 1. The van der Waals surface area contributed by atoms with Crippen molar-refractivity contribution in [1.82, 2.24) is 15.6 Å². The second-order valence-corrected chi connectivity index (χ2v) is 4.12. The smallest absolute Gasteiger partial charge is 0.326 e. The molecule has 0 aliphatic rings. The van der Waals surface area contributed by atoms with E-state index < -0.39 is 30.4 Å². The molecule has 0 unspecified atom stereocenters. The minimum absolute atomic E-state index is 0.194. The largest absolute Gasteiger partial charge is 0.481 e. The highest BCUT2D eigenvalue weighted by Crippen LogP contribution is 2.04. The number of aryl methyl sites for hydroxylation is 1. The van der Waals surface area contributed by atoms with Gasteiger partial charge in [0.1, 0.15) is 6.04 Å². The maximum atomic E-state index is 11.5. The molecule has 1 aromatic rings. The number of nitrogens with one attached hydrogen (secondary N) is 2. The van der Waals surface area contributed by atoms with Gasteiger partial charge >= 0.3 is 18.0 Å².